The Bertz CT molecular complexity index is 3030. The van der Waals surface area contributed by atoms with Gasteiger partial charge >= 0.3 is 32.5 Å². The van der Waals surface area contributed by atoms with Crippen LogP contribution >= 0.6 is 0 Å². The summed E-state index contributed by atoms with van der Waals surface area (Å²) < 4.78 is 4.59. The molecule has 0 atom stereocenters. The molecule has 0 aliphatic heterocycles. The van der Waals surface area contributed by atoms with Crippen LogP contribution < -0.4 is 10.2 Å². The summed E-state index contributed by atoms with van der Waals surface area (Å²) in [5, 5.41) is 30.5. The van der Waals surface area contributed by atoms with Gasteiger partial charge in [-0.05, 0) is 78.9 Å². The molecule has 0 radical (unpaired) electrons. The second kappa shape index (κ2) is 21.0. The van der Waals surface area contributed by atoms with Crippen molar-refractivity contribution in [3.8, 4) is 56.3 Å². The van der Waals surface area contributed by atoms with Crippen LogP contribution in [0.25, 0.3) is 44.8 Å². The molecule has 0 amide bonds. The van der Waals surface area contributed by atoms with E-state index in [-0.39, 0.29) is 34.7 Å². The van der Waals surface area contributed by atoms with Crippen LogP contribution in [0.15, 0.2) is 212 Å². The van der Waals surface area contributed by atoms with Gasteiger partial charge in [-0.2, -0.15) is 0 Å². The first-order valence-electron chi connectivity index (χ1n) is 24.7. The van der Waals surface area contributed by atoms with Crippen molar-refractivity contribution in [2.75, 3.05) is 0 Å². The Morgan fingerprint density at radius 3 is 0.873 bits per heavy atom. The topological polar surface area (TPSA) is 59.0 Å². The Morgan fingerprint density at radius 2 is 0.563 bits per heavy atom. The molecule has 0 unspecified atom stereocenters. The Hall–Kier alpha value is -6.61. The van der Waals surface area contributed by atoms with E-state index in [0.29, 0.717) is 11.1 Å². The number of pyridine rings is 1. The van der Waals surface area contributed by atoms with E-state index in [2.05, 4.69) is 174 Å². The predicted octanol–water partition coefficient (Wildman–Crippen LogP) is 16.4. The van der Waals surface area contributed by atoms with E-state index in [4.69, 9.17) is 4.98 Å². The summed E-state index contributed by atoms with van der Waals surface area (Å²) in [6.07, 6.45) is 0. The molecule has 4 heteroatoms. The monoisotopic (exact) mass is 1010 g/mol. The summed E-state index contributed by atoms with van der Waals surface area (Å²) in [6, 6.07) is 72.4. The van der Waals surface area contributed by atoms with Crippen LogP contribution in [0.4, 0.5) is 0 Å². The third-order valence-electron chi connectivity index (χ3n) is 14.7. The van der Waals surface area contributed by atoms with E-state index in [1.54, 1.807) is 0 Å². The molecule has 0 fully saturated rings. The molecule has 71 heavy (non-hydrogen) atoms. The summed E-state index contributed by atoms with van der Waals surface area (Å²) in [5.74, 6) is -0.00754. The van der Waals surface area contributed by atoms with Gasteiger partial charge in [-0.3, -0.25) is 0 Å². The molecular weight excluding hydrogens is 942 g/mol. The zero-order valence-electron chi connectivity index (χ0n) is 43.0. The van der Waals surface area contributed by atoms with E-state index in [1.165, 1.54) is 11.1 Å². The SMILES string of the molecule is CC(C)(c1ccccc1)c1cc(-c2ccccc2-c2cccc(-c3ccccc3-c3cc(C(C)(C)c4ccccc4)cc(C(C)(C)c4ccccc4)c3[O-])n2)c([O-])c(C(C)(C)c2ccccc2)c1.[CH3][Zr+2][CH3]. The number of hydrogen-bond donors (Lipinski definition) is 0. The van der Waals surface area contributed by atoms with Gasteiger partial charge in [-0.25, -0.2) is 4.98 Å². The second-order valence-corrected chi connectivity index (χ2v) is 23.2. The fraction of sp³-hybridized carbons (Fsp3) is 0.209. The Balaban J connectivity index is 0.00000220. The van der Waals surface area contributed by atoms with Gasteiger partial charge in [-0.1, -0.05) is 267 Å². The van der Waals surface area contributed by atoms with Crippen LogP contribution in [-0.4, -0.2) is 4.98 Å². The molecule has 0 N–H and O–H groups in total. The van der Waals surface area contributed by atoms with Crippen molar-refractivity contribution in [2.45, 2.75) is 86.3 Å². The number of nitrogens with zero attached hydrogens (tertiary/aromatic N) is 1. The van der Waals surface area contributed by atoms with Crippen molar-refractivity contribution in [3.05, 3.63) is 257 Å². The van der Waals surface area contributed by atoms with Crippen LogP contribution in [0.5, 0.6) is 11.5 Å². The molecule has 1 aromatic heterocycles. The Kier molecular flexibility index (Phi) is 15.0. The molecule has 0 saturated carbocycles. The molecule has 9 rings (SSSR count). The molecule has 0 saturated heterocycles. The van der Waals surface area contributed by atoms with Gasteiger partial charge in [0.15, 0.2) is 0 Å². The predicted molar refractivity (Wildman–Crippen MR) is 291 cm³/mol. The van der Waals surface area contributed by atoms with Gasteiger partial charge in [0.1, 0.15) is 0 Å². The fourth-order valence-electron chi connectivity index (χ4n) is 9.99. The van der Waals surface area contributed by atoms with Gasteiger partial charge in [0.2, 0.25) is 0 Å². The molecule has 1 heterocycles. The van der Waals surface area contributed by atoms with E-state index in [0.717, 1.165) is 67.0 Å². The van der Waals surface area contributed by atoms with Gasteiger partial charge in [0.05, 0.1) is 11.4 Å². The summed E-state index contributed by atoms with van der Waals surface area (Å²) in [6.45, 7) is 17.5. The molecule has 8 aromatic carbocycles. The zero-order chi connectivity index (χ0) is 50.6. The van der Waals surface area contributed by atoms with Gasteiger partial charge in [0.25, 0.3) is 0 Å². The first-order chi connectivity index (χ1) is 34.0. The average Bonchev–Trinajstić information content (AvgIpc) is 3.40. The quantitative estimate of drug-likeness (QED) is 0.123. The molecule has 3 nitrogen and oxygen atoms in total. The normalized spacial score (nSPS) is 11.9. The van der Waals surface area contributed by atoms with Crippen molar-refractivity contribution >= 4 is 0 Å². The van der Waals surface area contributed by atoms with Gasteiger partial charge < -0.3 is 10.2 Å². The number of benzene rings is 8. The minimum absolute atomic E-state index is 0.00377. The molecule has 0 aliphatic carbocycles. The van der Waals surface area contributed by atoms with E-state index < -0.39 is 21.7 Å². The Labute approximate surface area is 435 Å². The summed E-state index contributed by atoms with van der Waals surface area (Å²) >= 11 is 0.230. The first-order valence-corrected chi connectivity index (χ1v) is 29.6. The van der Waals surface area contributed by atoms with Crippen molar-refractivity contribution in [2.24, 2.45) is 0 Å². The van der Waals surface area contributed by atoms with Crippen LogP contribution in [0.2, 0.25) is 9.26 Å². The number of aromatic nitrogens is 1. The van der Waals surface area contributed by atoms with Crippen molar-refractivity contribution < 1.29 is 33.4 Å². The van der Waals surface area contributed by atoms with Gasteiger partial charge in [-0.15, -0.1) is 0 Å². The summed E-state index contributed by atoms with van der Waals surface area (Å²) in [7, 11) is 0. The van der Waals surface area contributed by atoms with Crippen molar-refractivity contribution in [1.82, 2.24) is 4.98 Å². The van der Waals surface area contributed by atoms with E-state index >= 15 is 10.2 Å². The number of hydrogen-bond acceptors (Lipinski definition) is 3. The molecule has 9 aromatic rings. The average molecular weight is 1010 g/mol. The van der Waals surface area contributed by atoms with Crippen LogP contribution in [0.1, 0.15) is 99.9 Å². The van der Waals surface area contributed by atoms with Crippen LogP contribution in [0, 0.1) is 0 Å². The van der Waals surface area contributed by atoms with E-state index in [1.807, 2.05) is 103 Å². The molecule has 0 aliphatic rings. The third kappa shape index (κ3) is 10.2. The standard InChI is InChI=1S/C65H61NO2.2CH3.Zr/c1-62(2,44-26-13-9-14-27-44)48-40-54(60(67)56(42-48)64(5,6)46-30-17-11-18-31-46)50-34-21-23-36-52(50)58-38-25-39-59(66-58)53-37-24-22-35-51(53)55-41-49(63(3,4)45-28-15-10-16-29-45)43-57(61(55)68)65(7,8)47-32-19-12-20-33-47;;;/h9-43,67-68H,1-8H3;2*1H3;/q;;;+2/p-2. The minimum atomic E-state index is -0.586. The molecule has 0 bridgehead atoms. The zero-order valence-corrected chi connectivity index (χ0v) is 45.4. The molecular formula is C67H65NO2Zr. The maximum absolute atomic E-state index is 15.2. The Morgan fingerprint density at radius 1 is 0.296 bits per heavy atom. The maximum atomic E-state index is 15.2. The third-order valence-corrected chi connectivity index (χ3v) is 14.7. The van der Waals surface area contributed by atoms with E-state index in [9.17, 15) is 0 Å². The molecule has 0 spiro atoms. The van der Waals surface area contributed by atoms with Gasteiger partial charge in [0, 0.05) is 32.8 Å². The number of rotatable bonds is 12. The molecule has 354 valence electrons. The van der Waals surface area contributed by atoms with Crippen molar-refractivity contribution in [1.29, 1.82) is 0 Å². The van der Waals surface area contributed by atoms with Crippen LogP contribution in [0.3, 0.4) is 0 Å². The first kappa shape index (κ1) is 50.8. The summed E-state index contributed by atoms with van der Waals surface area (Å²) in [4.78, 5) is 5.42. The van der Waals surface area contributed by atoms with Crippen molar-refractivity contribution in [3.63, 3.8) is 0 Å². The summed E-state index contributed by atoms with van der Waals surface area (Å²) in [5.41, 5.74) is 12.2. The van der Waals surface area contributed by atoms with Crippen LogP contribution in [-0.2, 0) is 44.9 Å². The second-order valence-electron chi connectivity index (χ2n) is 20.8. The fourth-order valence-corrected chi connectivity index (χ4v) is 9.99.